The summed E-state index contributed by atoms with van der Waals surface area (Å²) in [4.78, 5) is 14.2. The third kappa shape index (κ3) is 3.25. The number of nitrogens with one attached hydrogen (secondary N) is 1. The van der Waals surface area contributed by atoms with Crippen LogP contribution >= 0.6 is 11.6 Å². The molecule has 0 bridgehead atoms. The van der Waals surface area contributed by atoms with Gasteiger partial charge in [0.1, 0.15) is 11.9 Å². The van der Waals surface area contributed by atoms with Crippen molar-refractivity contribution < 1.29 is 19.0 Å². The number of morpholine rings is 1. The van der Waals surface area contributed by atoms with Gasteiger partial charge >= 0.3 is 0 Å². The van der Waals surface area contributed by atoms with Gasteiger partial charge in [-0.15, -0.1) is 0 Å². The lowest BCUT2D eigenvalue weighted by molar-refractivity contribution is -0.141. The number of nitrogens with zero attached hydrogens (tertiary/aromatic N) is 1. The molecule has 0 spiro atoms. The molecule has 2 aliphatic rings. The van der Waals surface area contributed by atoms with Crippen LogP contribution < -0.4 is 5.32 Å². The predicted octanol–water partition coefficient (Wildman–Crippen LogP) is 1.10. The highest BCUT2D eigenvalue weighted by atomic mass is 35.5. The summed E-state index contributed by atoms with van der Waals surface area (Å²) in [6.45, 7) is 1.77. The van der Waals surface area contributed by atoms with E-state index in [1.54, 1.807) is 11.0 Å². The molecule has 0 aromatic heterocycles. The number of halogens is 2. The van der Waals surface area contributed by atoms with E-state index in [9.17, 15) is 14.3 Å². The quantitative estimate of drug-likeness (QED) is 0.853. The average molecular weight is 329 g/mol. The Bertz CT molecular complexity index is 572. The fourth-order valence-electron chi connectivity index (χ4n) is 2.89. The highest BCUT2D eigenvalue weighted by Crippen LogP contribution is 2.26. The maximum Gasteiger partial charge on any atom is 0.239 e. The Kier molecular flexibility index (Phi) is 4.63. The molecule has 2 heterocycles. The minimum absolute atomic E-state index is 0.0296. The van der Waals surface area contributed by atoms with Crippen LogP contribution in [0.25, 0.3) is 0 Å². The predicted molar refractivity (Wildman–Crippen MR) is 79.1 cm³/mol. The Morgan fingerprint density at radius 3 is 3.00 bits per heavy atom. The largest absolute Gasteiger partial charge is 0.392 e. The summed E-state index contributed by atoms with van der Waals surface area (Å²) < 4.78 is 18.9. The van der Waals surface area contributed by atoms with Crippen molar-refractivity contribution in [2.24, 2.45) is 0 Å². The summed E-state index contributed by atoms with van der Waals surface area (Å²) in [5.74, 6) is -0.503. The maximum absolute atomic E-state index is 13.2. The van der Waals surface area contributed by atoms with E-state index in [0.29, 0.717) is 32.7 Å². The third-order valence-electron chi connectivity index (χ3n) is 4.10. The Morgan fingerprint density at radius 1 is 1.50 bits per heavy atom. The number of amides is 1. The van der Waals surface area contributed by atoms with E-state index in [4.69, 9.17) is 16.3 Å². The van der Waals surface area contributed by atoms with E-state index in [2.05, 4.69) is 5.32 Å². The van der Waals surface area contributed by atoms with Crippen LogP contribution in [0.5, 0.6) is 0 Å². The molecule has 1 amide bonds. The Balaban J connectivity index is 1.68. The number of ether oxygens (including phenoxy) is 1. The summed E-state index contributed by atoms with van der Waals surface area (Å²) in [6, 6.07) is 4.12. The zero-order valence-corrected chi connectivity index (χ0v) is 12.7. The summed E-state index contributed by atoms with van der Waals surface area (Å²) in [7, 11) is 0. The number of aliphatic hydroxyl groups is 1. The van der Waals surface area contributed by atoms with Crippen molar-refractivity contribution in [1.29, 1.82) is 0 Å². The number of hydrogen-bond donors (Lipinski definition) is 2. The van der Waals surface area contributed by atoms with Gasteiger partial charge in [-0.2, -0.15) is 0 Å². The standard InChI is InChI=1S/C15H18ClFN2O3/c16-11-5-9(1-2-12(11)17)14-8-19(3-4-22-14)15(21)13-6-10(20)7-18-13/h1-2,5,10,13-14,18,20H,3-4,6-8H2/t10-,13-,14-/m0/s1. The molecular formula is C15H18ClFN2O3. The SMILES string of the molecule is O=C([C@@H]1C[C@H](O)CN1)N1CCO[C@H](c2ccc(F)c(Cl)c2)C1. The monoisotopic (exact) mass is 328 g/mol. The molecule has 1 aromatic rings. The van der Waals surface area contributed by atoms with E-state index < -0.39 is 11.9 Å². The number of carbonyl (C=O) groups excluding carboxylic acids is 1. The molecule has 2 aliphatic heterocycles. The van der Waals surface area contributed by atoms with Crippen LogP contribution in [0.1, 0.15) is 18.1 Å². The molecule has 5 nitrogen and oxygen atoms in total. The molecule has 0 radical (unpaired) electrons. The van der Waals surface area contributed by atoms with Crippen molar-refractivity contribution in [3.05, 3.63) is 34.6 Å². The van der Waals surface area contributed by atoms with Gasteiger partial charge in [0, 0.05) is 13.1 Å². The molecule has 2 N–H and O–H groups in total. The summed E-state index contributed by atoms with van der Waals surface area (Å²) in [6.07, 6.45) is -0.354. The first-order valence-electron chi connectivity index (χ1n) is 7.31. The molecule has 120 valence electrons. The lowest BCUT2D eigenvalue weighted by atomic mass is 10.1. The smallest absolute Gasteiger partial charge is 0.239 e. The summed E-state index contributed by atoms with van der Waals surface area (Å²) in [5, 5.41) is 12.6. The van der Waals surface area contributed by atoms with E-state index in [0.717, 1.165) is 5.56 Å². The fourth-order valence-corrected chi connectivity index (χ4v) is 3.08. The van der Waals surface area contributed by atoms with E-state index >= 15 is 0 Å². The molecule has 1 aromatic carbocycles. The lowest BCUT2D eigenvalue weighted by Gasteiger charge is -2.34. The van der Waals surface area contributed by atoms with Crippen LogP contribution in [-0.2, 0) is 9.53 Å². The highest BCUT2D eigenvalue weighted by molar-refractivity contribution is 6.30. The van der Waals surface area contributed by atoms with Gasteiger partial charge in [0.25, 0.3) is 0 Å². The summed E-state index contributed by atoms with van der Waals surface area (Å²) in [5.41, 5.74) is 0.753. The van der Waals surface area contributed by atoms with Gasteiger partial charge in [-0.05, 0) is 24.1 Å². The van der Waals surface area contributed by atoms with Crippen LogP contribution in [0.15, 0.2) is 18.2 Å². The van der Waals surface area contributed by atoms with Crippen molar-refractivity contribution in [3.8, 4) is 0 Å². The van der Waals surface area contributed by atoms with Gasteiger partial charge in [0.05, 0.1) is 30.3 Å². The second kappa shape index (κ2) is 6.50. The Morgan fingerprint density at radius 2 is 2.32 bits per heavy atom. The second-order valence-electron chi connectivity index (χ2n) is 5.67. The van der Waals surface area contributed by atoms with Gasteiger partial charge in [-0.25, -0.2) is 4.39 Å². The zero-order valence-electron chi connectivity index (χ0n) is 12.0. The highest BCUT2D eigenvalue weighted by Gasteiger charge is 2.34. The van der Waals surface area contributed by atoms with Gasteiger partial charge in [-0.1, -0.05) is 17.7 Å². The van der Waals surface area contributed by atoms with Crippen molar-refractivity contribution in [1.82, 2.24) is 10.2 Å². The lowest BCUT2D eigenvalue weighted by Crippen LogP contribution is -2.49. The Hall–Kier alpha value is -1.21. The minimum atomic E-state index is -0.474. The third-order valence-corrected chi connectivity index (χ3v) is 4.39. The first kappa shape index (κ1) is 15.7. The molecule has 7 heteroatoms. The van der Waals surface area contributed by atoms with Gasteiger partial charge in [0.15, 0.2) is 0 Å². The maximum atomic E-state index is 13.2. The number of aliphatic hydroxyl groups excluding tert-OH is 1. The zero-order chi connectivity index (χ0) is 15.7. The summed E-state index contributed by atoms with van der Waals surface area (Å²) >= 11 is 5.80. The molecule has 0 saturated carbocycles. The fraction of sp³-hybridized carbons (Fsp3) is 0.533. The van der Waals surface area contributed by atoms with Gasteiger partial charge in [-0.3, -0.25) is 4.79 Å². The molecule has 3 atom stereocenters. The minimum Gasteiger partial charge on any atom is -0.392 e. The van der Waals surface area contributed by atoms with Gasteiger partial charge in [0.2, 0.25) is 5.91 Å². The normalized spacial score (nSPS) is 28.9. The van der Waals surface area contributed by atoms with Crippen LogP contribution in [0.2, 0.25) is 5.02 Å². The second-order valence-corrected chi connectivity index (χ2v) is 6.07. The number of hydrogen-bond acceptors (Lipinski definition) is 4. The molecule has 2 fully saturated rings. The van der Waals surface area contributed by atoms with Crippen molar-refractivity contribution >= 4 is 17.5 Å². The van der Waals surface area contributed by atoms with Crippen molar-refractivity contribution in [2.45, 2.75) is 24.7 Å². The number of benzene rings is 1. The van der Waals surface area contributed by atoms with Crippen molar-refractivity contribution in [2.75, 3.05) is 26.2 Å². The van der Waals surface area contributed by atoms with Crippen molar-refractivity contribution in [3.63, 3.8) is 0 Å². The van der Waals surface area contributed by atoms with Gasteiger partial charge < -0.3 is 20.1 Å². The molecule has 2 saturated heterocycles. The average Bonchev–Trinajstić information content (AvgIpc) is 2.96. The first-order valence-corrected chi connectivity index (χ1v) is 7.69. The molecule has 3 rings (SSSR count). The van der Waals surface area contributed by atoms with Crippen LogP contribution in [0.3, 0.4) is 0 Å². The van der Waals surface area contributed by atoms with Crippen LogP contribution in [0.4, 0.5) is 4.39 Å². The molecular weight excluding hydrogens is 311 g/mol. The number of carbonyl (C=O) groups is 1. The van der Waals surface area contributed by atoms with E-state index in [1.807, 2.05) is 0 Å². The Labute approximate surface area is 133 Å². The topological polar surface area (TPSA) is 61.8 Å². The first-order chi connectivity index (χ1) is 10.5. The molecule has 22 heavy (non-hydrogen) atoms. The van der Waals surface area contributed by atoms with Crippen LogP contribution in [-0.4, -0.2) is 54.3 Å². The van der Waals surface area contributed by atoms with E-state index in [-0.39, 0.29) is 23.1 Å². The number of rotatable bonds is 2. The number of β-amino-alcohol motifs (C(OH)–C–C–N with tert-alkyl or cyclic N) is 1. The molecule has 0 unspecified atom stereocenters. The van der Waals surface area contributed by atoms with Crippen LogP contribution in [0, 0.1) is 5.82 Å². The van der Waals surface area contributed by atoms with E-state index in [1.165, 1.54) is 12.1 Å². The molecule has 0 aliphatic carbocycles.